The van der Waals surface area contributed by atoms with E-state index in [4.69, 9.17) is 5.11 Å². The Bertz CT molecular complexity index is 545. The lowest BCUT2D eigenvalue weighted by atomic mass is 10.3. The molecule has 20 heavy (non-hydrogen) atoms. The van der Waals surface area contributed by atoms with Crippen molar-refractivity contribution in [1.82, 2.24) is 19.4 Å². The number of aryl methyl sites for hydroxylation is 2. The maximum Gasteiger partial charge on any atom is 0.234 e. The molecule has 5 heteroatoms. The van der Waals surface area contributed by atoms with E-state index in [1.807, 2.05) is 36.7 Å². The van der Waals surface area contributed by atoms with Gasteiger partial charge in [-0.05, 0) is 38.6 Å². The van der Waals surface area contributed by atoms with Crippen molar-refractivity contribution in [2.24, 2.45) is 0 Å². The smallest absolute Gasteiger partial charge is 0.234 e. The van der Waals surface area contributed by atoms with Crippen molar-refractivity contribution in [3.05, 3.63) is 41.5 Å². The van der Waals surface area contributed by atoms with E-state index in [0.717, 1.165) is 30.2 Å². The molecule has 0 aliphatic carbocycles. The summed E-state index contributed by atoms with van der Waals surface area (Å²) in [5, 5.41) is 9.08. The topological polar surface area (TPSA) is 54.2 Å². The fourth-order valence-electron chi connectivity index (χ4n) is 2.27. The number of nitrogens with zero attached hydrogens (tertiary/aromatic N) is 4. The molecule has 0 saturated heterocycles. The van der Waals surface area contributed by atoms with E-state index in [2.05, 4.69) is 27.9 Å². The molecule has 0 saturated carbocycles. The lowest BCUT2D eigenvalue weighted by Crippen LogP contribution is -2.27. The van der Waals surface area contributed by atoms with Crippen LogP contribution in [0.3, 0.4) is 0 Å². The minimum Gasteiger partial charge on any atom is -0.395 e. The molecule has 2 rings (SSSR count). The van der Waals surface area contributed by atoms with Crippen molar-refractivity contribution in [3.63, 3.8) is 0 Å². The van der Waals surface area contributed by atoms with E-state index in [9.17, 15) is 0 Å². The summed E-state index contributed by atoms with van der Waals surface area (Å²) in [6.45, 7) is 8.58. The predicted molar refractivity (Wildman–Crippen MR) is 78.9 cm³/mol. The summed E-state index contributed by atoms with van der Waals surface area (Å²) in [5.74, 6) is 0.711. The van der Waals surface area contributed by atoms with Gasteiger partial charge in [0.25, 0.3) is 0 Å². The van der Waals surface area contributed by atoms with Crippen molar-refractivity contribution in [2.75, 3.05) is 19.7 Å². The van der Waals surface area contributed by atoms with E-state index in [-0.39, 0.29) is 6.61 Å². The first-order chi connectivity index (χ1) is 9.63. The molecular formula is C15H22N4O. The highest BCUT2D eigenvalue weighted by Crippen LogP contribution is 2.12. The van der Waals surface area contributed by atoms with Gasteiger partial charge in [-0.15, -0.1) is 0 Å². The molecule has 0 unspecified atom stereocenters. The van der Waals surface area contributed by atoms with Gasteiger partial charge in [0, 0.05) is 36.4 Å². The lowest BCUT2D eigenvalue weighted by molar-refractivity contribution is 0.194. The van der Waals surface area contributed by atoms with Crippen LogP contribution in [0.2, 0.25) is 0 Å². The third kappa shape index (κ3) is 3.43. The van der Waals surface area contributed by atoms with Crippen LogP contribution in [0.15, 0.2) is 24.4 Å². The molecule has 0 amide bonds. The maximum absolute atomic E-state index is 9.08. The molecule has 0 aromatic carbocycles. The highest BCUT2D eigenvalue weighted by Gasteiger charge is 2.10. The SMILES string of the molecule is CCN(CCO)Cc1cccn1-c1nc(C)cc(C)n1. The maximum atomic E-state index is 9.08. The number of rotatable bonds is 6. The van der Waals surface area contributed by atoms with Crippen LogP contribution in [-0.2, 0) is 6.54 Å². The number of aliphatic hydroxyl groups excluding tert-OH is 1. The number of aliphatic hydroxyl groups is 1. The second kappa shape index (κ2) is 6.63. The Labute approximate surface area is 119 Å². The third-order valence-corrected chi connectivity index (χ3v) is 3.27. The van der Waals surface area contributed by atoms with Crippen LogP contribution >= 0.6 is 0 Å². The number of hydrogen-bond donors (Lipinski definition) is 1. The number of aromatic nitrogens is 3. The van der Waals surface area contributed by atoms with Crippen molar-refractivity contribution in [2.45, 2.75) is 27.3 Å². The summed E-state index contributed by atoms with van der Waals surface area (Å²) >= 11 is 0. The Hall–Kier alpha value is -1.72. The Morgan fingerprint density at radius 1 is 1.25 bits per heavy atom. The molecule has 5 nitrogen and oxygen atoms in total. The van der Waals surface area contributed by atoms with Gasteiger partial charge in [-0.2, -0.15) is 0 Å². The van der Waals surface area contributed by atoms with Gasteiger partial charge in [-0.1, -0.05) is 6.92 Å². The van der Waals surface area contributed by atoms with E-state index >= 15 is 0 Å². The van der Waals surface area contributed by atoms with E-state index < -0.39 is 0 Å². The Balaban J connectivity index is 2.27. The molecule has 0 aliphatic heterocycles. The predicted octanol–water partition coefficient (Wildman–Crippen LogP) is 1.70. The number of hydrogen-bond acceptors (Lipinski definition) is 4. The molecule has 108 valence electrons. The minimum absolute atomic E-state index is 0.175. The van der Waals surface area contributed by atoms with Gasteiger partial charge in [0.15, 0.2) is 0 Å². The fourth-order valence-corrected chi connectivity index (χ4v) is 2.27. The van der Waals surface area contributed by atoms with Gasteiger partial charge < -0.3 is 5.11 Å². The molecular weight excluding hydrogens is 252 g/mol. The van der Waals surface area contributed by atoms with Crippen LogP contribution in [0.25, 0.3) is 5.95 Å². The zero-order chi connectivity index (χ0) is 14.5. The van der Waals surface area contributed by atoms with Crippen molar-refractivity contribution in [3.8, 4) is 5.95 Å². The van der Waals surface area contributed by atoms with Crippen LogP contribution < -0.4 is 0 Å². The Morgan fingerprint density at radius 2 is 1.95 bits per heavy atom. The van der Waals surface area contributed by atoms with E-state index in [1.54, 1.807) is 0 Å². The molecule has 0 aliphatic rings. The first-order valence-electron chi connectivity index (χ1n) is 6.96. The summed E-state index contributed by atoms with van der Waals surface area (Å²) < 4.78 is 2.01. The minimum atomic E-state index is 0.175. The van der Waals surface area contributed by atoms with Crippen molar-refractivity contribution < 1.29 is 5.11 Å². The van der Waals surface area contributed by atoms with Crippen LogP contribution in [-0.4, -0.2) is 44.2 Å². The van der Waals surface area contributed by atoms with Crippen LogP contribution in [0.4, 0.5) is 0 Å². The largest absolute Gasteiger partial charge is 0.395 e. The number of likely N-dealkylation sites (N-methyl/N-ethyl adjacent to an activating group) is 1. The highest BCUT2D eigenvalue weighted by molar-refractivity contribution is 5.24. The summed E-state index contributed by atoms with van der Waals surface area (Å²) in [5.41, 5.74) is 3.06. The van der Waals surface area contributed by atoms with E-state index in [0.29, 0.717) is 12.5 Å². The van der Waals surface area contributed by atoms with Crippen LogP contribution in [0.5, 0.6) is 0 Å². The van der Waals surface area contributed by atoms with Crippen LogP contribution in [0, 0.1) is 13.8 Å². The second-order valence-corrected chi connectivity index (χ2v) is 4.91. The average Bonchev–Trinajstić information content (AvgIpc) is 2.85. The summed E-state index contributed by atoms with van der Waals surface area (Å²) in [6.07, 6.45) is 1.98. The monoisotopic (exact) mass is 274 g/mol. The molecule has 0 radical (unpaired) electrons. The second-order valence-electron chi connectivity index (χ2n) is 4.91. The molecule has 0 atom stereocenters. The Morgan fingerprint density at radius 3 is 2.55 bits per heavy atom. The molecule has 2 heterocycles. The fraction of sp³-hybridized carbons (Fsp3) is 0.467. The van der Waals surface area contributed by atoms with E-state index in [1.165, 1.54) is 0 Å². The zero-order valence-corrected chi connectivity index (χ0v) is 12.4. The van der Waals surface area contributed by atoms with Gasteiger partial charge >= 0.3 is 0 Å². The van der Waals surface area contributed by atoms with Gasteiger partial charge in [-0.3, -0.25) is 9.47 Å². The lowest BCUT2D eigenvalue weighted by Gasteiger charge is -2.20. The van der Waals surface area contributed by atoms with Gasteiger partial charge in [0.1, 0.15) is 0 Å². The zero-order valence-electron chi connectivity index (χ0n) is 12.4. The first kappa shape index (κ1) is 14.7. The van der Waals surface area contributed by atoms with Crippen LogP contribution in [0.1, 0.15) is 24.0 Å². The average molecular weight is 274 g/mol. The molecule has 0 fully saturated rings. The summed E-state index contributed by atoms with van der Waals surface area (Å²) in [7, 11) is 0. The van der Waals surface area contributed by atoms with Gasteiger partial charge in [0.2, 0.25) is 5.95 Å². The molecule has 2 aromatic heterocycles. The molecule has 0 bridgehead atoms. The molecule has 1 N–H and O–H groups in total. The normalized spacial score (nSPS) is 11.2. The first-order valence-corrected chi connectivity index (χ1v) is 6.96. The van der Waals surface area contributed by atoms with Crippen molar-refractivity contribution >= 4 is 0 Å². The van der Waals surface area contributed by atoms with Crippen molar-refractivity contribution in [1.29, 1.82) is 0 Å². The molecule has 0 spiro atoms. The summed E-state index contributed by atoms with van der Waals surface area (Å²) in [6, 6.07) is 6.04. The highest BCUT2D eigenvalue weighted by atomic mass is 16.3. The Kier molecular flexibility index (Phi) is 4.87. The molecule has 2 aromatic rings. The standard InChI is InChI=1S/C15H22N4O/c1-4-18(8-9-20)11-14-6-5-7-19(14)15-16-12(2)10-13(3)17-15/h5-7,10,20H,4,8-9,11H2,1-3H3. The quantitative estimate of drug-likeness (QED) is 0.871. The summed E-state index contributed by atoms with van der Waals surface area (Å²) in [4.78, 5) is 11.2. The van der Waals surface area contributed by atoms with Gasteiger partial charge in [0.05, 0.1) is 6.61 Å². The third-order valence-electron chi connectivity index (χ3n) is 3.27. The van der Waals surface area contributed by atoms with Gasteiger partial charge in [-0.25, -0.2) is 9.97 Å².